The molecule has 1 aromatic heterocycles. The van der Waals surface area contributed by atoms with E-state index in [-0.39, 0.29) is 17.5 Å². The van der Waals surface area contributed by atoms with Crippen LogP contribution in [0.3, 0.4) is 0 Å². The fourth-order valence-electron chi connectivity index (χ4n) is 1.25. The van der Waals surface area contributed by atoms with Crippen LogP contribution in [-0.4, -0.2) is 29.2 Å². The molecule has 7 heteroatoms. The molecule has 0 aromatic carbocycles. The fourth-order valence-corrected chi connectivity index (χ4v) is 1.47. The highest BCUT2D eigenvalue weighted by molar-refractivity contribution is 6.29. The Morgan fingerprint density at radius 2 is 2.00 bits per heavy atom. The van der Waals surface area contributed by atoms with Crippen molar-refractivity contribution in [2.75, 3.05) is 18.0 Å². The number of hydrogen-bond acceptors (Lipinski definition) is 3. The first-order valence-corrected chi connectivity index (χ1v) is 5.02. The van der Waals surface area contributed by atoms with E-state index in [9.17, 15) is 13.2 Å². The van der Waals surface area contributed by atoms with E-state index in [0.717, 1.165) is 4.90 Å². The van der Waals surface area contributed by atoms with Crippen LogP contribution in [0.4, 0.5) is 19.0 Å². The van der Waals surface area contributed by atoms with Crippen LogP contribution in [0.5, 0.6) is 0 Å². The molecule has 0 saturated heterocycles. The molecule has 1 rings (SSSR count). The van der Waals surface area contributed by atoms with Crippen LogP contribution < -0.4 is 4.90 Å². The van der Waals surface area contributed by atoms with Gasteiger partial charge in [0, 0.05) is 12.6 Å². The molecule has 0 bridgehead atoms. The first kappa shape index (κ1) is 13.0. The van der Waals surface area contributed by atoms with Gasteiger partial charge < -0.3 is 4.90 Å². The van der Waals surface area contributed by atoms with Crippen LogP contribution in [0.2, 0.25) is 5.15 Å². The minimum absolute atomic E-state index is 0.142. The van der Waals surface area contributed by atoms with Gasteiger partial charge in [0.2, 0.25) is 0 Å². The van der Waals surface area contributed by atoms with Gasteiger partial charge in [-0.2, -0.15) is 13.2 Å². The topological polar surface area (TPSA) is 29.0 Å². The molecule has 1 aromatic rings. The highest BCUT2D eigenvalue weighted by Gasteiger charge is 2.30. The number of nitrogens with zero attached hydrogens (tertiary/aromatic N) is 3. The molecule has 0 radical (unpaired) electrons. The Bertz CT molecular complexity index is 347. The second-order valence-electron chi connectivity index (χ2n) is 3.23. The summed E-state index contributed by atoms with van der Waals surface area (Å²) >= 11 is 5.66. The molecule has 0 fully saturated rings. The molecule has 0 amide bonds. The van der Waals surface area contributed by atoms with E-state index in [4.69, 9.17) is 11.6 Å². The Kier molecular flexibility index (Phi) is 3.96. The molecule has 0 aliphatic rings. The minimum atomic E-state index is -4.26. The third-order valence-corrected chi connectivity index (χ3v) is 2.06. The van der Waals surface area contributed by atoms with E-state index in [1.165, 1.54) is 6.07 Å². The standard InChI is InChI=1S/C9H11ClF3N3/c1-3-16(5-9(11,12)13)8-4-7(10)14-6(2)15-8/h4H,3,5H2,1-2H3. The van der Waals surface area contributed by atoms with E-state index in [1.807, 2.05) is 0 Å². The number of aromatic nitrogens is 2. The zero-order chi connectivity index (χ0) is 12.3. The summed E-state index contributed by atoms with van der Waals surface area (Å²) in [6, 6.07) is 1.32. The van der Waals surface area contributed by atoms with Crippen LogP contribution in [0.15, 0.2) is 6.07 Å². The van der Waals surface area contributed by atoms with Gasteiger partial charge in [0.1, 0.15) is 23.3 Å². The van der Waals surface area contributed by atoms with Crippen LogP contribution in [0, 0.1) is 6.92 Å². The summed E-state index contributed by atoms with van der Waals surface area (Å²) in [7, 11) is 0. The van der Waals surface area contributed by atoms with E-state index >= 15 is 0 Å². The lowest BCUT2D eigenvalue weighted by molar-refractivity contribution is -0.119. The number of aryl methyl sites for hydroxylation is 1. The minimum Gasteiger partial charge on any atom is -0.348 e. The van der Waals surface area contributed by atoms with Crippen LogP contribution in [0.25, 0.3) is 0 Å². The molecule has 90 valence electrons. The summed E-state index contributed by atoms with van der Waals surface area (Å²) in [5, 5.41) is 0.142. The lowest BCUT2D eigenvalue weighted by Crippen LogP contribution is -2.34. The Balaban J connectivity index is 2.95. The first-order valence-electron chi connectivity index (χ1n) is 4.64. The van der Waals surface area contributed by atoms with Gasteiger partial charge in [-0.25, -0.2) is 9.97 Å². The molecule has 3 nitrogen and oxygen atoms in total. The van der Waals surface area contributed by atoms with Crippen molar-refractivity contribution in [1.29, 1.82) is 0 Å². The zero-order valence-corrected chi connectivity index (χ0v) is 9.60. The maximum atomic E-state index is 12.3. The predicted molar refractivity (Wildman–Crippen MR) is 55.7 cm³/mol. The fraction of sp³-hybridized carbons (Fsp3) is 0.556. The van der Waals surface area contributed by atoms with Gasteiger partial charge in [0.25, 0.3) is 0 Å². The lowest BCUT2D eigenvalue weighted by atomic mass is 10.4. The molecule has 0 aliphatic carbocycles. The van der Waals surface area contributed by atoms with Gasteiger partial charge in [0.15, 0.2) is 0 Å². The van der Waals surface area contributed by atoms with Crippen molar-refractivity contribution in [1.82, 2.24) is 9.97 Å². The smallest absolute Gasteiger partial charge is 0.348 e. The van der Waals surface area contributed by atoms with E-state index in [0.29, 0.717) is 5.82 Å². The molecular weight excluding hydrogens is 243 g/mol. The molecule has 0 saturated carbocycles. The van der Waals surface area contributed by atoms with Gasteiger partial charge in [-0.3, -0.25) is 0 Å². The van der Waals surface area contributed by atoms with Gasteiger partial charge in [-0.05, 0) is 13.8 Å². The molecule has 0 spiro atoms. The van der Waals surface area contributed by atoms with E-state index in [2.05, 4.69) is 9.97 Å². The highest BCUT2D eigenvalue weighted by Crippen LogP contribution is 2.22. The van der Waals surface area contributed by atoms with Crippen LogP contribution in [-0.2, 0) is 0 Å². The molecule has 1 heterocycles. The highest BCUT2D eigenvalue weighted by atomic mass is 35.5. The molecule has 0 aliphatic heterocycles. The van der Waals surface area contributed by atoms with E-state index in [1.54, 1.807) is 13.8 Å². The first-order chi connectivity index (χ1) is 7.31. The van der Waals surface area contributed by atoms with Gasteiger partial charge in [0.05, 0.1) is 0 Å². The Morgan fingerprint density at radius 1 is 1.38 bits per heavy atom. The van der Waals surface area contributed by atoms with Crippen molar-refractivity contribution in [2.45, 2.75) is 20.0 Å². The van der Waals surface area contributed by atoms with Crippen LogP contribution >= 0.6 is 11.6 Å². The molecular formula is C9H11ClF3N3. The quantitative estimate of drug-likeness (QED) is 0.776. The lowest BCUT2D eigenvalue weighted by Gasteiger charge is -2.23. The Hall–Kier alpha value is -1.04. The van der Waals surface area contributed by atoms with Crippen LogP contribution in [0.1, 0.15) is 12.7 Å². The maximum absolute atomic E-state index is 12.3. The number of rotatable bonds is 3. The SMILES string of the molecule is CCN(CC(F)(F)F)c1cc(Cl)nc(C)n1. The maximum Gasteiger partial charge on any atom is 0.405 e. The van der Waals surface area contributed by atoms with Crippen molar-refractivity contribution in [3.63, 3.8) is 0 Å². The number of alkyl halides is 3. The van der Waals surface area contributed by atoms with Crippen molar-refractivity contribution in [3.8, 4) is 0 Å². The molecule has 0 atom stereocenters. The zero-order valence-electron chi connectivity index (χ0n) is 8.85. The predicted octanol–water partition coefficient (Wildman–Crippen LogP) is 2.83. The summed E-state index contributed by atoms with van der Waals surface area (Å²) < 4.78 is 36.8. The summed E-state index contributed by atoms with van der Waals surface area (Å²) in [6.07, 6.45) is -4.26. The van der Waals surface area contributed by atoms with Crippen molar-refractivity contribution in [3.05, 3.63) is 17.0 Å². The average molecular weight is 254 g/mol. The molecule has 0 N–H and O–H groups in total. The number of anilines is 1. The van der Waals surface area contributed by atoms with Gasteiger partial charge in [-0.15, -0.1) is 0 Å². The van der Waals surface area contributed by atoms with E-state index < -0.39 is 12.7 Å². The second kappa shape index (κ2) is 4.86. The third-order valence-electron chi connectivity index (χ3n) is 1.87. The molecule has 0 unspecified atom stereocenters. The van der Waals surface area contributed by atoms with Crippen molar-refractivity contribution in [2.24, 2.45) is 0 Å². The monoisotopic (exact) mass is 253 g/mol. The number of hydrogen-bond donors (Lipinski definition) is 0. The summed E-state index contributed by atoms with van der Waals surface area (Å²) in [4.78, 5) is 8.81. The van der Waals surface area contributed by atoms with Gasteiger partial charge in [-0.1, -0.05) is 11.6 Å². The summed E-state index contributed by atoms with van der Waals surface area (Å²) in [5.74, 6) is 0.542. The summed E-state index contributed by atoms with van der Waals surface area (Å²) in [6.45, 7) is 2.36. The molecule has 16 heavy (non-hydrogen) atoms. The third kappa shape index (κ3) is 3.84. The number of halogens is 4. The second-order valence-corrected chi connectivity index (χ2v) is 3.61. The largest absolute Gasteiger partial charge is 0.405 e. The average Bonchev–Trinajstić information content (AvgIpc) is 2.11. The Labute approximate surface area is 96.3 Å². The van der Waals surface area contributed by atoms with Gasteiger partial charge >= 0.3 is 6.18 Å². The Morgan fingerprint density at radius 3 is 2.44 bits per heavy atom. The summed E-state index contributed by atoms with van der Waals surface area (Å²) in [5.41, 5.74) is 0. The van der Waals surface area contributed by atoms with Crippen molar-refractivity contribution >= 4 is 17.4 Å². The normalized spacial score (nSPS) is 11.6. The van der Waals surface area contributed by atoms with Crippen molar-refractivity contribution < 1.29 is 13.2 Å².